The molecule has 9 nitrogen and oxygen atoms in total. The molecule has 0 atom stereocenters. The quantitative estimate of drug-likeness (QED) is 0.631. The molecule has 1 fully saturated rings. The van der Waals surface area contributed by atoms with Gasteiger partial charge in [-0.3, -0.25) is 18.7 Å². The van der Waals surface area contributed by atoms with Gasteiger partial charge in [-0.25, -0.2) is 9.78 Å². The molecule has 1 aliphatic rings. The molecule has 0 bridgehead atoms. The van der Waals surface area contributed by atoms with Crippen molar-refractivity contribution in [3.05, 3.63) is 27.2 Å². The Bertz CT molecular complexity index is 869. The van der Waals surface area contributed by atoms with E-state index in [1.807, 2.05) is 4.90 Å². The Morgan fingerprint density at radius 1 is 1.22 bits per heavy atom. The summed E-state index contributed by atoms with van der Waals surface area (Å²) in [5, 5.41) is 0. The second-order valence-electron chi connectivity index (χ2n) is 6.09. The molecule has 0 aliphatic carbocycles. The Labute approximate surface area is 132 Å². The van der Waals surface area contributed by atoms with E-state index in [2.05, 4.69) is 12.0 Å². The van der Waals surface area contributed by atoms with Crippen molar-refractivity contribution in [3.8, 4) is 0 Å². The topological polar surface area (TPSA) is 86.6 Å². The van der Waals surface area contributed by atoms with Crippen LogP contribution in [0, 0.1) is 0 Å². The molecule has 0 saturated carbocycles. The zero-order valence-electron chi connectivity index (χ0n) is 13.6. The second-order valence-corrected chi connectivity index (χ2v) is 6.09. The Hall–Kier alpha value is -2.42. The molecule has 2 aromatic rings. The van der Waals surface area contributed by atoms with Gasteiger partial charge in [0.15, 0.2) is 11.2 Å². The lowest BCUT2D eigenvalue weighted by atomic mass is 10.3. The fourth-order valence-electron chi connectivity index (χ4n) is 2.90. The van der Waals surface area contributed by atoms with Crippen LogP contribution in [0.4, 0.5) is 0 Å². The smallest absolute Gasteiger partial charge is 0.332 e. The van der Waals surface area contributed by atoms with E-state index in [-0.39, 0.29) is 18.0 Å². The highest BCUT2D eigenvalue weighted by Crippen LogP contribution is 2.06. The van der Waals surface area contributed by atoms with Crippen molar-refractivity contribution in [2.75, 3.05) is 33.2 Å². The molecule has 1 amide bonds. The van der Waals surface area contributed by atoms with Crippen LogP contribution in [0.15, 0.2) is 15.9 Å². The predicted molar refractivity (Wildman–Crippen MR) is 83.4 cm³/mol. The molecule has 0 aromatic carbocycles. The Morgan fingerprint density at radius 3 is 2.52 bits per heavy atom. The summed E-state index contributed by atoms with van der Waals surface area (Å²) in [5.41, 5.74) is -0.284. The third-order valence-corrected chi connectivity index (χ3v) is 4.49. The van der Waals surface area contributed by atoms with Gasteiger partial charge >= 0.3 is 5.69 Å². The van der Waals surface area contributed by atoms with Gasteiger partial charge in [-0.2, -0.15) is 0 Å². The Morgan fingerprint density at radius 2 is 1.87 bits per heavy atom. The van der Waals surface area contributed by atoms with E-state index in [1.165, 1.54) is 27.4 Å². The van der Waals surface area contributed by atoms with E-state index >= 15 is 0 Å². The van der Waals surface area contributed by atoms with Gasteiger partial charge in [0.1, 0.15) is 6.54 Å². The first-order chi connectivity index (χ1) is 10.9. The van der Waals surface area contributed by atoms with Crippen molar-refractivity contribution >= 4 is 17.1 Å². The SMILES string of the molecule is Cn1c(=O)c2c(ncn2CC(=O)N2CC[NH+](C)CC2)n(C)c1=O. The number of fused-ring (bicyclic) bond motifs is 1. The summed E-state index contributed by atoms with van der Waals surface area (Å²) in [6.07, 6.45) is 1.45. The van der Waals surface area contributed by atoms with E-state index in [9.17, 15) is 14.4 Å². The zero-order valence-corrected chi connectivity index (χ0v) is 13.6. The molecule has 3 rings (SSSR count). The number of carbonyl (C=O) groups is 1. The van der Waals surface area contributed by atoms with E-state index in [1.54, 1.807) is 7.05 Å². The van der Waals surface area contributed by atoms with Crippen molar-refractivity contribution in [1.29, 1.82) is 0 Å². The normalized spacial score (nSPS) is 16.2. The maximum atomic E-state index is 12.5. The van der Waals surface area contributed by atoms with Gasteiger partial charge in [-0.15, -0.1) is 0 Å². The van der Waals surface area contributed by atoms with Crippen LogP contribution in [-0.2, 0) is 25.4 Å². The lowest BCUT2D eigenvalue weighted by Crippen LogP contribution is -3.12. The maximum absolute atomic E-state index is 12.5. The molecule has 124 valence electrons. The average Bonchev–Trinajstić information content (AvgIpc) is 2.95. The summed E-state index contributed by atoms with van der Waals surface area (Å²) in [6, 6.07) is 0. The number of nitrogens with one attached hydrogen (secondary N) is 1. The van der Waals surface area contributed by atoms with Gasteiger partial charge in [-0.1, -0.05) is 0 Å². The highest BCUT2D eigenvalue weighted by Gasteiger charge is 2.23. The van der Waals surface area contributed by atoms with E-state index < -0.39 is 11.2 Å². The van der Waals surface area contributed by atoms with Gasteiger partial charge < -0.3 is 14.4 Å². The number of likely N-dealkylation sites (N-methyl/N-ethyl adjacent to an activating group) is 1. The Balaban J connectivity index is 1.94. The van der Waals surface area contributed by atoms with Crippen LogP contribution >= 0.6 is 0 Å². The van der Waals surface area contributed by atoms with Crippen molar-refractivity contribution in [3.63, 3.8) is 0 Å². The van der Waals surface area contributed by atoms with Crippen LogP contribution in [0.5, 0.6) is 0 Å². The lowest BCUT2D eigenvalue weighted by molar-refractivity contribution is -0.883. The summed E-state index contributed by atoms with van der Waals surface area (Å²) in [5.74, 6) is -0.0345. The van der Waals surface area contributed by atoms with E-state index in [0.717, 1.165) is 17.7 Å². The van der Waals surface area contributed by atoms with Crippen molar-refractivity contribution in [1.82, 2.24) is 23.6 Å². The molecule has 2 aromatic heterocycles. The number of aromatic nitrogens is 4. The number of hydrogen-bond donors (Lipinski definition) is 1. The lowest BCUT2D eigenvalue weighted by Gasteiger charge is -2.30. The first-order valence-electron chi connectivity index (χ1n) is 7.60. The van der Waals surface area contributed by atoms with Crippen LogP contribution in [0.25, 0.3) is 11.2 Å². The number of rotatable bonds is 2. The van der Waals surface area contributed by atoms with Crippen LogP contribution in [-0.4, -0.2) is 62.7 Å². The zero-order chi connectivity index (χ0) is 16.7. The summed E-state index contributed by atoms with van der Waals surface area (Å²) >= 11 is 0. The third kappa shape index (κ3) is 2.56. The first kappa shape index (κ1) is 15.5. The number of piperazine rings is 1. The predicted octanol–water partition coefficient (Wildman–Crippen LogP) is -3.21. The second kappa shape index (κ2) is 5.65. The molecular weight excluding hydrogens is 300 g/mol. The number of carbonyl (C=O) groups excluding carboxylic acids is 1. The van der Waals surface area contributed by atoms with Gasteiger partial charge in [0.2, 0.25) is 5.91 Å². The number of aryl methyl sites for hydroxylation is 1. The van der Waals surface area contributed by atoms with Crippen molar-refractivity contribution < 1.29 is 9.69 Å². The summed E-state index contributed by atoms with van der Waals surface area (Å²) in [7, 11) is 5.09. The third-order valence-electron chi connectivity index (χ3n) is 4.49. The van der Waals surface area contributed by atoms with E-state index in [0.29, 0.717) is 18.7 Å². The fraction of sp³-hybridized carbons (Fsp3) is 0.571. The van der Waals surface area contributed by atoms with Crippen molar-refractivity contribution in [2.24, 2.45) is 14.1 Å². The van der Waals surface area contributed by atoms with Crippen LogP contribution in [0.2, 0.25) is 0 Å². The summed E-state index contributed by atoms with van der Waals surface area (Å²) < 4.78 is 3.88. The van der Waals surface area contributed by atoms with Gasteiger partial charge in [0, 0.05) is 14.1 Å². The van der Waals surface area contributed by atoms with Gasteiger partial charge in [0.25, 0.3) is 5.56 Å². The summed E-state index contributed by atoms with van der Waals surface area (Å²) in [6.45, 7) is 3.34. The minimum Gasteiger partial charge on any atom is -0.334 e. The van der Waals surface area contributed by atoms with E-state index in [4.69, 9.17) is 0 Å². The molecular formula is C14H21N6O3+. The molecule has 1 aliphatic heterocycles. The highest BCUT2D eigenvalue weighted by atomic mass is 16.2. The number of amides is 1. The number of quaternary nitrogens is 1. The average molecular weight is 321 g/mol. The Kier molecular flexibility index (Phi) is 3.80. The number of imidazole rings is 1. The maximum Gasteiger partial charge on any atom is 0.332 e. The van der Waals surface area contributed by atoms with Crippen LogP contribution in [0.3, 0.4) is 0 Å². The molecule has 3 heterocycles. The minimum atomic E-state index is -0.434. The fourth-order valence-corrected chi connectivity index (χ4v) is 2.90. The monoisotopic (exact) mass is 321 g/mol. The number of hydrogen-bond acceptors (Lipinski definition) is 4. The standard InChI is InChI=1S/C14H20N6O3/c1-16-4-6-19(7-5-16)10(21)8-20-9-15-12-11(20)13(22)18(3)14(23)17(12)2/h9H,4-8H2,1-3H3/p+1. The van der Waals surface area contributed by atoms with Gasteiger partial charge in [0.05, 0.1) is 39.6 Å². The first-order valence-corrected chi connectivity index (χ1v) is 7.60. The molecule has 1 N–H and O–H groups in total. The molecule has 1 saturated heterocycles. The molecule has 23 heavy (non-hydrogen) atoms. The highest BCUT2D eigenvalue weighted by molar-refractivity contribution is 5.79. The largest absolute Gasteiger partial charge is 0.334 e. The van der Waals surface area contributed by atoms with Crippen LogP contribution in [0.1, 0.15) is 0 Å². The number of nitrogens with zero attached hydrogens (tertiary/aromatic N) is 5. The minimum absolute atomic E-state index is 0.0345. The van der Waals surface area contributed by atoms with Gasteiger partial charge in [-0.05, 0) is 0 Å². The van der Waals surface area contributed by atoms with Crippen molar-refractivity contribution in [2.45, 2.75) is 6.54 Å². The molecule has 0 spiro atoms. The summed E-state index contributed by atoms with van der Waals surface area (Å²) in [4.78, 5) is 44.1. The molecule has 9 heteroatoms. The molecule has 0 unspecified atom stereocenters. The molecule has 0 radical (unpaired) electrons. The van der Waals surface area contributed by atoms with Crippen LogP contribution < -0.4 is 16.1 Å².